The molecule has 0 N–H and O–H groups in total. The minimum atomic E-state index is 0.322. The highest BCUT2D eigenvalue weighted by Crippen LogP contribution is 2.36. The molecule has 2 aromatic rings. The Kier molecular flexibility index (Phi) is 2.93. The zero-order chi connectivity index (χ0) is 14.4. The highest BCUT2D eigenvalue weighted by molar-refractivity contribution is 6.02. The highest BCUT2D eigenvalue weighted by Gasteiger charge is 2.41. The maximum absolute atomic E-state index is 12.4. The fourth-order valence-corrected chi connectivity index (χ4v) is 3.80. The quantitative estimate of drug-likeness (QED) is 0.741. The Labute approximate surface area is 125 Å². The van der Waals surface area contributed by atoms with Gasteiger partial charge in [-0.2, -0.15) is 0 Å². The van der Waals surface area contributed by atoms with E-state index in [2.05, 4.69) is 60.5 Å². The Balaban J connectivity index is 1.76. The zero-order valence-corrected chi connectivity index (χ0v) is 12.3. The molecular formula is C19H19NO. The van der Waals surface area contributed by atoms with Crippen LogP contribution in [-0.4, -0.2) is 29.8 Å². The monoisotopic (exact) mass is 277 g/mol. The number of fused-ring (bicyclic) bond motifs is 3. The van der Waals surface area contributed by atoms with Gasteiger partial charge in [0.2, 0.25) is 0 Å². The first-order chi connectivity index (χ1) is 10.2. The molecule has 2 aliphatic heterocycles. The number of rotatable bonds is 1. The van der Waals surface area contributed by atoms with Crippen LogP contribution in [-0.2, 0) is 4.79 Å². The van der Waals surface area contributed by atoms with Crippen molar-refractivity contribution in [1.82, 2.24) is 4.90 Å². The van der Waals surface area contributed by atoms with E-state index in [1.165, 1.54) is 10.8 Å². The van der Waals surface area contributed by atoms with Gasteiger partial charge in [-0.25, -0.2) is 0 Å². The average Bonchev–Trinajstić information content (AvgIpc) is 2.76. The third kappa shape index (κ3) is 2.11. The minimum Gasteiger partial charge on any atom is -0.296 e. The molecule has 0 spiro atoms. The number of nitrogens with zero attached hydrogens (tertiary/aromatic N) is 1. The van der Waals surface area contributed by atoms with E-state index >= 15 is 0 Å². The Morgan fingerprint density at radius 3 is 2.76 bits per heavy atom. The third-order valence-electron chi connectivity index (χ3n) is 5.04. The molecule has 4 rings (SSSR count). The van der Waals surface area contributed by atoms with Gasteiger partial charge in [-0.1, -0.05) is 36.4 Å². The molecule has 2 saturated heterocycles. The number of benzene rings is 2. The number of hydrogen-bond acceptors (Lipinski definition) is 2. The van der Waals surface area contributed by atoms with Crippen LogP contribution in [0.3, 0.4) is 0 Å². The second-order valence-corrected chi connectivity index (χ2v) is 6.25. The Bertz CT molecular complexity index is 746. The summed E-state index contributed by atoms with van der Waals surface area (Å²) in [7, 11) is 2.16. The second kappa shape index (κ2) is 4.81. The molecule has 0 aromatic heterocycles. The van der Waals surface area contributed by atoms with Gasteiger partial charge in [0, 0.05) is 24.1 Å². The summed E-state index contributed by atoms with van der Waals surface area (Å²) in [6.07, 6.45) is 5.07. The summed E-state index contributed by atoms with van der Waals surface area (Å²) in [5, 5.41) is 2.47. The largest absolute Gasteiger partial charge is 0.296 e. The average molecular weight is 277 g/mol. The van der Waals surface area contributed by atoms with E-state index < -0.39 is 0 Å². The molecule has 2 atom stereocenters. The number of piperidine rings is 1. The molecule has 2 nitrogen and oxygen atoms in total. The van der Waals surface area contributed by atoms with Gasteiger partial charge in [0.1, 0.15) is 0 Å². The Hall–Kier alpha value is -1.93. The molecule has 0 saturated carbocycles. The molecule has 2 heterocycles. The molecule has 0 unspecified atom stereocenters. The van der Waals surface area contributed by atoms with Gasteiger partial charge >= 0.3 is 0 Å². The number of Topliss-reactive ketones (excluding diaryl/α,β-unsaturated/α-hetero) is 1. The van der Waals surface area contributed by atoms with Crippen LogP contribution in [0.1, 0.15) is 24.8 Å². The normalized spacial score (nSPS) is 27.7. The van der Waals surface area contributed by atoms with E-state index in [0.717, 1.165) is 24.0 Å². The third-order valence-corrected chi connectivity index (χ3v) is 5.04. The highest BCUT2D eigenvalue weighted by atomic mass is 16.1. The molecule has 0 amide bonds. The second-order valence-electron chi connectivity index (χ2n) is 6.25. The van der Waals surface area contributed by atoms with Crippen molar-refractivity contribution in [1.29, 1.82) is 0 Å². The SMILES string of the molecule is CN1[C@H]2CC[C@@H]1/C(=C\c1ccc3ccccc3c1)C(=O)C2. The van der Waals surface area contributed by atoms with Crippen molar-refractivity contribution < 1.29 is 4.79 Å². The van der Waals surface area contributed by atoms with Gasteiger partial charge in [0.05, 0.1) is 0 Å². The molecule has 0 aliphatic carbocycles. The molecule has 21 heavy (non-hydrogen) atoms. The lowest BCUT2D eigenvalue weighted by Crippen LogP contribution is -2.41. The van der Waals surface area contributed by atoms with Crippen LogP contribution in [0, 0.1) is 0 Å². The Morgan fingerprint density at radius 2 is 1.90 bits per heavy atom. The van der Waals surface area contributed by atoms with Crippen LogP contribution < -0.4 is 0 Å². The van der Waals surface area contributed by atoms with E-state index in [1.807, 2.05) is 0 Å². The minimum absolute atomic E-state index is 0.322. The molecule has 106 valence electrons. The predicted molar refractivity (Wildman–Crippen MR) is 86.1 cm³/mol. The first-order valence-corrected chi connectivity index (χ1v) is 7.68. The van der Waals surface area contributed by atoms with Gasteiger partial charge in [0.15, 0.2) is 5.78 Å². The van der Waals surface area contributed by atoms with E-state index in [0.29, 0.717) is 24.3 Å². The maximum Gasteiger partial charge on any atom is 0.162 e. The Morgan fingerprint density at radius 1 is 1.10 bits per heavy atom. The van der Waals surface area contributed by atoms with Gasteiger partial charge in [-0.3, -0.25) is 9.69 Å². The number of likely N-dealkylation sites (N-methyl/N-ethyl adjacent to an activating group) is 1. The lowest BCUT2D eigenvalue weighted by molar-refractivity contribution is -0.118. The number of carbonyl (C=O) groups excluding carboxylic acids is 1. The summed E-state index contributed by atoms with van der Waals surface area (Å²) in [5.41, 5.74) is 2.14. The maximum atomic E-state index is 12.4. The van der Waals surface area contributed by atoms with Crippen LogP contribution in [0.25, 0.3) is 16.8 Å². The van der Waals surface area contributed by atoms with E-state index in [4.69, 9.17) is 0 Å². The van der Waals surface area contributed by atoms with Crippen LogP contribution in [0.4, 0.5) is 0 Å². The number of ketones is 1. The predicted octanol–water partition coefficient (Wildman–Crippen LogP) is 3.66. The molecular weight excluding hydrogens is 258 g/mol. The van der Waals surface area contributed by atoms with E-state index in [9.17, 15) is 4.79 Å². The molecule has 2 bridgehead atoms. The lowest BCUT2D eigenvalue weighted by atomic mass is 9.93. The number of carbonyl (C=O) groups is 1. The van der Waals surface area contributed by atoms with Crippen LogP contribution in [0.2, 0.25) is 0 Å². The topological polar surface area (TPSA) is 20.3 Å². The van der Waals surface area contributed by atoms with Gasteiger partial charge in [-0.05, 0) is 48.4 Å². The summed E-state index contributed by atoms with van der Waals surface area (Å²) in [4.78, 5) is 14.8. The fraction of sp³-hybridized carbons (Fsp3) is 0.316. The van der Waals surface area contributed by atoms with Crippen molar-refractivity contribution >= 4 is 22.6 Å². The van der Waals surface area contributed by atoms with Gasteiger partial charge in [-0.15, -0.1) is 0 Å². The van der Waals surface area contributed by atoms with Gasteiger partial charge in [0.25, 0.3) is 0 Å². The summed E-state index contributed by atoms with van der Waals surface area (Å²) in [5.74, 6) is 0.341. The summed E-state index contributed by atoms with van der Waals surface area (Å²) in [6.45, 7) is 0. The molecule has 2 aromatic carbocycles. The molecule has 2 fully saturated rings. The van der Waals surface area contributed by atoms with Crippen LogP contribution in [0.5, 0.6) is 0 Å². The van der Waals surface area contributed by atoms with Crippen molar-refractivity contribution in [3.63, 3.8) is 0 Å². The first kappa shape index (κ1) is 12.8. The van der Waals surface area contributed by atoms with E-state index in [1.54, 1.807) is 0 Å². The summed E-state index contributed by atoms with van der Waals surface area (Å²) < 4.78 is 0. The van der Waals surface area contributed by atoms with Crippen molar-refractivity contribution in [2.75, 3.05) is 7.05 Å². The molecule has 0 radical (unpaired) electrons. The van der Waals surface area contributed by atoms with Crippen molar-refractivity contribution in [3.8, 4) is 0 Å². The van der Waals surface area contributed by atoms with Crippen molar-refractivity contribution in [2.24, 2.45) is 0 Å². The fourth-order valence-electron chi connectivity index (χ4n) is 3.80. The van der Waals surface area contributed by atoms with Gasteiger partial charge < -0.3 is 0 Å². The summed E-state index contributed by atoms with van der Waals surface area (Å²) in [6, 6.07) is 15.6. The molecule has 2 heteroatoms. The van der Waals surface area contributed by atoms with Crippen LogP contribution >= 0.6 is 0 Å². The van der Waals surface area contributed by atoms with Crippen LogP contribution in [0.15, 0.2) is 48.0 Å². The number of hydrogen-bond donors (Lipinski definition) is 0. The first-order valence-electron chi connectivity index (χ1n) is 7.68. The zero-order valence-electron chi connectivity index (χ0n) is 12.3. The standard InChI is InChI=1S/C19H19NO/c1-20-16-8-9-18(20)17(19(21)12-16)11-13-6-7-14-4-2-3-5-15(14)10-13/h2-7,10-11,16,18H,8-9,12H2,1H3/b17-11+/t16-,18+/m0/s1. The smallest absolute Gasteiger partial charge is 0.162 e. The molecule has 2 aliphatic rings. The van der Waals surface area contributed by atoms with Crippen molar-refractivity contribution in [2.45, 2.75) is 31.3 Å². The van der Waals surface area contributed by atoms with E-state index in [-0.39, 0.29) is 0 Å². The lowest BCUT2D eigenvalue weighted by Gasteiger charge is -2.32. The summed E-state index contributed by atoms with van der Waals surface area (Å²) >= 11 is 0. The van der Waals surface area contributed by atoms with Crippen molar-refractivity contribution in [3.05, 3.63) is 53.6 Å².